The van der Waals surface area contributed by atoms with E-state index in [2.05, 4.69) is 19.1 Å². The van der Waals surface area contributed by atoms with Crippen LogP contribution in [0.1, 0.15) is 32.8 Å². The molecule has 0 aromatic heterocycles. The fourth-order valence-corrected chi connectivity index (χ4v) is 2.66. The number of carbonyl (C=O) groups excluding carboxylic acids is 1. The SMILES string of the molecule is CC(C)C(C#N)C(=O)N1c2ccccc2CCC1C. The Morgan fingerprint density at radius 3 is 2.74 bits per heavy atom. The Morgan fingerprint density at radius 1 is 1.42 bits per heavy atom. The topological polar surface area (TPSA) is 44.1 Å². The van der Waals surface area contributed by atoms with E-state index in [1.807, 2.05) is 36.9 Å². The number of fused-ring (bicyclic) bond motifs is 1. The van der Waals surface area contributed by atoms with Gasteiger partial charge in [0.25, 0.3) is 0 Å². The van der Waals surface area contributed by atoms with Crippen molar-refractivity contribution >= 4 is 11.6 Å². The van der Waals surface area contributed by atoms with Gasteiger partial charge in [-0.3, -0.25) is 4.79 Å². The maximum absolute atomic E-state index is 12.6. The molecular weight excluding hydrogens is 236 g/mol. The number of hydrogen-bond acceptors (Lipinski definition) is 2. The summed E-state index contributed by atoms with van der Waals surface area (Å²) in [5.41, 5.74) is 2.18. The molecule has 3 nitrogen and oxygen atoms in total. The molecule has 0 saturated carbocycles. The van der Waals surface area contributed by atoms with Crippen molar-refractivity contribution in [1.29, 1.82) is 5.26 Å². The van der Waals surface area contributed by atoms with Gasteiger partial charge in [0.1, 0.15) is 5.92 Å². The molecule has 1 heterocycles. The van der Waals surface area contributed by atoms with E-state index < -0.39 is 5.92 Å². The number of benzene rings is 1. The predicted molar refractivity (Wildman–Crippen MR) is 75.7 cm³/mol. The van der Waals surface area contributed by atoms with Crippen molar-refractivity contribution in [3.63, 3.8) is 0 Å². The minimum absolute atomic E-state index is 0.0405. The Kier molecular flexibility index (Phi) is 3.90. The first-order valence-corrected chi connectivity index (χ1v) is 6.87. The normalized spacial score (nSPS) is 19.7. The predicted octanol–water partition coefficient (Wildman–Crippen LogP) is 3.15. The number of hydrogen-bond donors (Lipinski definition) is 0. The van der Waals surface area contributed by atoms with E-state index in [0.717, 1.165) is 18.5 Å². The molecular formula is C16H20N2O. The number of rotatable bonds is 2. The summed E-state index contributed by atoms with van der Waals surface area (Å²) in [4.78, 5) is 14.5. The monoisotopic (exact) mass is 256 g/mol. The molecule has 0 bridgehead atoms. The van der Waals surface area contributed by atoms with Gasteiger partial charge in [-0.1, -0.05) is 32.0 Å². The van der Waals surface area contributed by atoms with Crippen LogP contribution in [0.2, 0.25) is 0 Å². The van der Waals surface area contributed by atoms with Gasteiger partial charge in [-0.05, 0) is 37.3 Å². The molecule has 1 aliphatic rings. The van der Waals surface area contributed by atoms with Gasteiger partial charge in [-0.15, -0.1) is 0 Å². The summed E-state index contributed by atoms with van der Waals surface area (Å²) in [7, 11) is 0. The van der Waals surface area contributed by atoms with E-state index in [1.54, 1.807) is 0 Å². The van der Waals surface area contributed by atoms with Crippen molar-refractivity contribution in [3.8, 4) is 6.07 Å². The van der Waals surface area contributed by atoms with Crippen LogP contribution in [0.25, 0.3) is 0 Å². The Bertz CT molecular complexity index is 516. The lowest BCUT2D eigenvalue weighted by Gasteiger charge is -2.36. The van der Waals surface area contributed by atoms with Gasteiger partial charge in [0.2, 0.25) is 5.91 Å². The summed E-state index contributed by atoms with van der Waals surface area (Å²) in [6.07, 6.45) is 1.96. The molecule has 3 heteroatoms. The highest BCUT2D eigenvalue weighted by Gasteiger charge is 2.33. The molecule has 2 unspecified atom stereocenters. The standard InChI is InChI=1S/C16H20N2O/c1-11(2)14(10-17)16(19)18-12(3)8-9-13-6-4-5-7-15(13)18/h4-7,11-12,14H,8-9H2,1-3H3. The van der Waals surface area contributed by atoms with Crippen LogP contribution < -0.4 is 4.90 Å². The fourth-order valence-electron chi connectivity index (χ4n) is 2.66. The molecule has 0 N–H and O–H groups in total. The third-order valence-electron chi connectivity index (χ3n) is 3.83. The summed E-state index contributed by atoms with van der Waals surface area (Å²) < 4.78 is 0. The van der Waals surface area contributed by atoms with Crippen LogP contribution in [-0.4, -0.2) is 11.9 Å². The molecule has 1 amide bonds. The summed E-state index contributed by atoms with van der Waals surface area (Å²) in [6, 6.07) is 10.3. The molecule has 2 rings (SSSR count). The van der Waals surface area contributed by atoms with Crippen molar-refractivity contribution in [2.75, 3.05) is 4.90 Å². The van der Waals surface area contributed by atoms with Crippen LogP contribution in [0.4, 0.5) is 5.69 Å². The van der Waals surface area contributed by atoms with Gasteiger partial charge < -0.3 is 4.90 Å². The highest BCUT2D eigenvalue weighted by Crippen LogP contribution is 2.32. The highest BCUT2D eigenvalue weighted by atomic mass is 16.2. The van der Waals surface area contributed by atoms with Crippen LogP contribution in [0.15, 0.2) is 24.3 Å². The van der Waals surface area contributed by atoms with Gasteiger partial charge in [0.05, 0.1) is 6.07 Å². The minimum Gasteiger partial charge on any atom is -0.308 e. The average molecular weight is 256 g/mol. The second-order valence-corrected chi connectivity index (χ2v) is 5.58. The maximum Gasteiger partial charge on any atom is 0.244 e. The molecule has 0 aliphatic carbocycles. The van der Waals surface area contributed by atoms with E-state index in [-0.39, 0.29) is 17.9 Å². The molecule has 100 valence electrons. The molecule has 0 saturated heterocycles. The third-order valence-corrected chi connectivity index (χ3v) is 3.83. The first-order valence-electron chi connectivity index (χ1n) is 6.87. The summed E-state index contributed by atoms with van der Waals surface area (Å²) in [6.45, 7) is 5.90. The van der Waals surface area contributed by atoms with E-state index in [0.29, 0.717) is 0 Å². The van der Waals surface area contributed by atoms with Crippen molar-refractivity contribution < 1.29 is 4.79 Å². The Balaban J connectivity index is 2.39. The van der Waals surface area contributed by atoms with Crippen LogP contribution >= 0.6 is 0 Å². The first-order chi connectivity index (χ1) is 9.06. The minimum atomic E-state index is -0.561. The highest BCUT2D eigenvalue weighted by molar-refractivity contribution is 5.98. The lowest BCUT2D eigenvalue weighted by molar-refractivity contribution is -0.122. The quantitative estimate of drug-likeness (QED) is 0.816. The molecule has 0 radical (unpaired) electrons. The average Bonchev–Trinajstić information content (AvgIpc) is 2.38. The van der Waals surface area contributed by atoms with E-state index in [1.165, 1.54) is 5.56 Å². The number of amides is 1. The van der Waals surface area contributed by atoms with Gasteiger partial charge in [0.15, 0.2) is 0 Å². The van der Waals surface area contributed by atoms with Gasteiger partial charge in [-0.2, -0.15) is 5.26 Å². The zero-order valence-corrected chi connectivity index (χ0v) is 11.8. The van der Waals surface area contributed by atoms with Crippen molar-refractivity contribution in [2.45, 2.75) is 39.7 Å². The van der Waals surface area contributed by atoms with Crippen LogP contribution in [0.3, 0.4) is 0 Å². The number of carbonyl (C=O) groups is 1. The third kappa shape index (κ3) is 2.49. The molecule has 1 aromatic rings. The number of para-hydroxylation sites is 1. The zero-order valence-electron chi connectivity index (χ0n) is 11.8. The Labute approximate surface area is 114 Å². The summed E-state index contributed by atoms with van der Waals surface area (Å²) >= 11 is 0. The Morgan fingerprint density at radius 2 is 2.11 bits per heavy atom. The van der Waals surface area contributed by atoms with Crippen molar-refractivity contribution in [3.05, 3.63) is 29.8 Å². The zero-order chi connectivity index (χ0) is 14.0. The summed E-state index contributed by atoms with van der Waals surface area (Å²) in [5.74, 6) is -0.579. The van der Waals surface area contributed by atoms with Gasteiger partial charge >= 0.3 is 0 Å². The van der Waals surface area contributed by atoms with Crippen LogP contribution in [-0.2, 0) is 11.2 Å². The molecule has 0 spiro atoms. The summed E-state index contributed by atoms with van der Waals surface area (Å²) in [5, 5.41) is 9.23. The van der Waals surface area contributed by atoms with Gasteiger partial charge in [-0.25, -0.2) is 0 Å². The van der Waals surface area contributed by atoms with Gasteiger partial charge in [0, 0.05) is 11.7 Å². The number of aryl methyl sites for hydroxylation is 1. The number of nitrogens with zero attached hydrogens (tertiary/aromatic N) is 2. The Hall–Kier alpha value is -1.82. The fraction of sp³-hybridized carbons (Fsp3) is 0.500. The molecule has 1 aliphatic heterocycles. The first kappa shape index (κ1) is 13.6. The van der Waals surface area contributed by atoms with E-state index in [9.17, 15) is 10.1 Å². The van der Waals surface area contributed by atoms with Crippen molar-refractivity contribution in [2.24, 2.45) is 11.8 Å². The second-order valence-electron chi connectivity index (χ2n) is 5.58. The van der Waals surface area contributed by atoms with E-state index >= 15 is 0 Å². The second kappa shape index (κ2) is 5.44. The van der Waals surface area contributed by atoms with E-state index in [4.69, 9.17) is 0 Å². The molecule has 2 atom stereocenters. The smallest absolute Gasteiger partial charge is 0.244 e. The largest absolute Gasteiger partial charge is 0.308 e. The van der Waals surface area contributed by atoms with Crippen LogP contribution in [0.5, 0.6) is 0 Å². The molecule has 1 aromatic carbocycles. The lowest BCUT2D eigenvalue weighted by Crippen LogP contribution is -2.46. The van der Waals surface area contributed by atoms with Crippen molar-refractivity contribution in [1.82, 2.24) is 0 Å². The molecule has 0 fully saturated rings. The van der Waals surface area contributed by atoms with Crippen LogP contribution in [0, 0.1) is 23.2 Å². The molecule has 19 heavy (non-hydrogen) atoms. The maximum atomic E-state index is 12.6. The lowest BCUT2D eigenvalue weighted by atomic mass is 9.91. The number of anilines is 1. The number of nitriles is 1.